The summed E-state index contributed by atoms with van der Waals surface area (Å²) in [6.07, 6.45) is 18.2. The second-order valence-corrected chi connectivity index (χ2v) is 8.79. The van der Waals surface area contributed by atoms with Gasteiger partial charge in [0.05, 0.1) is 0 Å². The Morgan fingerprint density at radius 1 is 0.524 bits per heavy atom. The van der Waals surface area contributed by atoms with E-state index in [1.807, 2.05) is 0 Å². The largest absolute Gasteiger partial charge is 0.417 e. The van der Waals surface area contributed by atoms with Crippen LogP contribution >= 0.6 is 0 Å². The summed E-state index contributed by atoms with van der Waals surface area (Å²) in [6, 6.07) is 2.79. The van der Waals surface area contributed by atoms with Crippen LogP contribution in [-0.4, -0.2) is 15.6 Å². The molecule has 0 aliphatic carbocycles. The normalized spacial score (nSPS) is 11.4. The standard InChI is InChI=1S/C19H41OSi/c1-4-7-9-11-13-15-18-21(20-17-6-3)19-16-14-12-10-8-5-2/h4-19H2,1-3H3. The van der Waals surface area contributed by atoms with Gasteiger partial charge < -0.3 is 4.43 Å². The number of hydrogen-bond acceptors (Lipinski definition) is 1. The summed E-state index contributed by atoms with van der Waals surface area (Å²) in [5, 5.41) is 0. The molecule has 0 aromatic rings. The summed E-state index contributed by atoms with van der Waals surface area (Å²) < 4.78 is 6.15. The molecule has 2 heteroatoms. The zero-order chi connectivity index (χ0) is 15.6. The Labute approximate surface area is 137 Å². The van der Waals surface area contributed by atoms with E-state index in [0.29, 0.717) is 0 Å². The summed E-state index contributed by atoms with van der Waals surface area (Å²) in [7, 11) is -0.492. The molecular weight excluding hydrogens is 272 g/mol. The van der Waals surface area contributed by atoms with Crippen molar-refractivity contribution in [2.24, 2.45) is 0 Å². The molecule has 1 radical (unpaired) electrons. The van der Waals surface area contributed by atoms with Crippen LogP contribution in [0.25, 0.3) is 0 Å². The maximum atomic E-state index is 6.15. The van der Waals surface area contributed by atoms with E-state index >= 15 is 0 Å². The van der Waals surface area contributed by atoms with Gasteiger partial charge in [-0.1, -0.05) is 97.8 Å². The summed E-state index contributed by atoms with van der Waals surface area (Å²) in [6.45, 7) is 7.81. The average Bonchev–Trinajstić information content (AvgIpc) is 2.50. The fourth-order valence-electron chi connectivity index (χ4n) is 2.72. The fraction of sp³-hybridized carbons (Fsp3) is 1.00. The lowest BCUT2D eigenvalue weighted by atomic mass is 10.1. The van der Waals surface area contributed by atoms with Gasteiger partial charge in [-0.2, -0.15) is 0 Å². The molecule has 0 N–H and O–H groups in total. The van der Waals surface area contributed by atoms with Crippen LogP contribution < -0.4 is 0 Å². The highest BCUT2D eigenvalue weighted by Crippen LogP contribution is 2.16. The minimum atomic E-state index is -0.492. The molecule has 0 aromatic heterocycles. The van der Waals surface area contributed by atoms with E-state index in [4.69, 9.17) is 4.43 Å². The lowest BCUT2D eigenvalue weighted by Crippen LogP contribution is -2.18. The Balaban J connectivity index is 3.56. The Bertz CT molecular complexity index is 168. The molecule has 0 aliphatic rings. The molecule has 0 fully saturated rings. The summed E-state index contributed by atoms with van der Waals surface area (Å²) >= 11 is 0. The molecular formula is C19H41OSi. The third kappa shape index (κ3) is 16.4. The summed E-state index contributed by atoms with van der Waals surface area (Å²) in [4.78, 5) is 0. The van der Waals surface area contributed by atoms with E-state index in [0.717, 1.165) is 6.61 Å². The van der Waals surface area contributed by atoms with Crippen LogP contribution in [-0.2, 0) is 4.43 Å². The van der Waals surface area contributed by atoms with Gasteiger partial charge in [-0.3, -0.25) is 0 Å². The van der Waals surface area contributed by atoms with Crippen molar-refractivity contribution < 1.29 is 4.43 Å². The van der Waals surface area contributed by atoms with E-state index in [1.54, 1.807) is 0 Å². The molecule has 21 heavy (non-hydrogen) atoms. The fourth-order valence-corrected chi connectivity index (χ4v) is 5.04. The molecule has 0 spiro atoms. The second-order valence-electron chi connectivity index (χ2n) is 6.42. The van der Waals surface area contributed by atoms with Crippen LogP contribution in [0, 0.1) is 0 Å². The predicted octanol–water partition coefficient (Wildman–Crippen LogP) is 7.13. The third-order valence-corrected chi connectivity index (χ3v) is 6.56. The Morgan fingerprint density at radius 3 is 1.38 bits per heavy atom. The number of hydrogen-bond donors (Lipinski definition) is 0. The molecule has 0 amide bonds. The first-order valence-electron chi connectivity index (χ1n) is 9.82. The van der Waals surface area contributed by atoms with Crippen LogP contribution in [0.3, 0.4) is 0 Å². The van der Waals surface area contributed by atoms with Crippen molar-refractivity contribution >= 4 is 9.04 Å². The van der Waals surface area contributed by atoms with E-state index in [-0.39, 0.29) is 0 Å². The lowest BCUT2D eigenvalue weighted by Gasteiger charge is -2.15. The van der Waals surface area contributed by atoms with Crippen LogP contribution in [0.5, 0.6) is 0 Å². The van der Waals surface area contributed by atoms with Gasteiger partial charge >= 0.3 is 0 Å². The molecule has 0 unspecified atom stereocenters. The molecule has 0 aliphatic heterocycles. The summed E-state index contributed by atoms with van der Waals surface area (Å²) in [5.41, 5.74) is 0. The Hall–Kier alpha value is 0.177. The average molecular weight is 314 g/mol. The van der Waals surface area contributed by atoms with Crippen molar-refractivity contribution in [3.63, 3.8) is 0 Å². The van der Waals surface area contributed by atoms with Gasteiger partial charge in [-0.25, -0.2) is 0 Å². The molecule has 1 nitrogen and oxygen atoms in total. The highest BCUT2D eigenvalue weighted by molar-refractivity contribution is 6.51. The maximum absolute atomic E-state index is 6.15. The molecule has 0 atom stereocenters. The van der Waals surface area contributed by atoms with Crippen molar-refractivity contribution in [2.75, 3.05) is 6.61 Å². The van der Waals surface area contributed by atoms with Crippen molar-refractivity contribution in [2.45, 2.75) is 116 Å². The van der Waals surface area contributed by atoms with E-state index in [2.05, 4.69) is 20.8 Å². The minimum absolute atomic E-state index is 0.492. The third-order valence-electron chi connectivity index (χ3n) is 4.13. The molecule has 127 valence electrons. The highest BCUT2D eigenvalue weighted by Gasteiger charge is 2.12. The zero-order valence-electron chi connectivity index (χ0n) is 15.2. The van der Waals surface area contributed by atoms with Crippen molar-refractivity contribution in [3.8, 4) is 0 Å². The highest BCUT2D eigenvalue weighted by atomic mass is 28.3. The minimum Gasteiger partial charge on any atom is -0.417 e. The van der Waals surface area contributed by atoms with Gasteiger partial charge in [-0.05, 0) is 18.5 Å². The molecule has 0 saturated carbocycles. The van der Waals surface area contributed by atoms with Gasteiger partial charge in [0.15, 0.2) is 0 Å². The number of rotatable bonds is 17. The van der Waals surface area contributed by atoms with Crippen LogP contribution in [0.15, 0.2) is 0 Å². The van der Waals surface area contributed by atoms with E-state index in [1.165, 1.54) is 95.6 Å². The topological polar surface area (TPSA) is 9.23 Å². The van der Waals surface area contributed by atoms with Gasteiger partial charge in [0, 0.05) is 6.61 Å². The smallest absolute Gasteiger partial charge is 0.211 e. The first-order chi connectivity index (χ1) is 10.3. The van der Waals surface area contributed by atoms with Crippen molar-refractivity contribution in [3.05, 3.63) is 0 Å². The quantitative estimate of drug-likeness (QED) is 0.205. The Kier molecular flexibility index (Phi) is 18.4. The molecule has 0 bridgehead atoms. The first kappa shape index (κ1) is 21.2. The summed E-state index contributed by atoms with van der Waals surface area (Å²) in [5.74, 6) is 0. The van der Waals surface area contributed by atoms with Crippen LogP contribution in [0.2, 0.25) is 12.1 Å². The Morgan fingerprint density at radius 2 is 0.952 bits per heavy atom. The van der Waals surface area contributed by atoms with Crippen LogP contribution in [0.1, 0.15) is 104 Å². The number of unbranched alkanes of at least 4 members (excludes halogenated alkanes) is 10. The molecule has 0 rings (SSSR count). The molecule has 0 aromatic carbocycles. The van der Waals surface area contributed by atoms with E-state index < -0.39 is 9.04 Å². The van der Waals surface area contributed by atoms with Gasteiger partial charge in [0.25, 0.3) is 0 Å². The second kappa shape index (κ2) is 18.2. The predicted molar refractivity (Wildman–Crippen MR) is 98.4 cm³/mol. The lowest BCUT2D eigenvalue weighted by molar-refractivity contribution is 0.315. The first-order valence-corrected chi connectivity index (χ1v) is 11.6. The van der Waals surface area contributed by atoms with Gasteiger partial charge in [0.1, 0.15) is 0 Å². The van der Waals surface area contributed by atoms with Crippen molar-refractivity contribution in [1.82, 2.24) is 0 Å². The van der Waals surface area contributed by atoms with Crippen LogP contribution in [0.4, 0.5) is 0 Å². The van der Waals surface area contributed by atoms with Crippen molar-refractivity contribution in [1.29, 1.82) is 0 Å². The zero-order valence-corrected chi connectivity index (χ0v) is 16.2. The monoisotopic (exact) mass is 313 g/mol. The van der Waals surface area contributed by atoms with Gasteiger partial charge in [0.2, 0.25) is 9.04 Å². The SMILES string of the molecule is CCCCCCCC[Si](CCCCCCCC)OCCC. The maximum Gasteiger partial charge on any atom is 0.211 e. The van der Waals surface area contributed by atoms with E-state index in [9.17, 15) is 0 Å². The van der Waals surface area contributed by atoms with Gasteiger partial charge in [-0.15, -0.1) is 0 Å². The molecule has 0 heterocycles. The molecule has 0 saturated heterocycles.